The Hall–Kier alpha value is -0.880. The van der Waals surface area contributed by atoms with Gasteiger partial charge in [-0.15, -0.1) is 22.9 Å². The van der Waals surface area contributed by atoms with Crippen molar-refractivity contribution in [1.82, 2.24) is 4.31 Å². The van der Waals surface area contributed by atoms with Gasteiger partial charge in [-0.25, -0.2) is 8.42 Å². The molecule has 0 bridgehead atoms. The number of hydrogen-bond acceptors (Lipinski definition) is 3. The van der Waals surface area contributed by atoms with Gasteiger partial charge < -0.3 is 0 Å². The molecule has 0 atom stereocenters. The van der Waals surface area contributed by atoms with E-state index in [4.69, 9.17) is 11.6 Å². The lowest BCUT2D eigenvalue weighted by Gasteiger charge is -2.16. The van der Waals surface area contributed by atoms with Gasteiger partial charge in [0.25, 0.3) is 0 Å². The largest absolute Gasteiger partial charge is 0.243 e. The van der Waals surface area contributed by atoms with Gasteiger partial charge in [0.2, 0.25) is 10.0 Å². The fourth-order valence-electron chi connectivity index (χ4n) is 1.64. The zero-order chi connectivity index (χ0) is 13.9. The van der Waals surface area contributed by atoms with Crippen LogP contribution in [0.5, 0.6) is 0 Å². The minimum Gasteiger partial charge on any atom is -0.207 e. The number of hydrogen-bond donors (Lipinski definition) is 0. The van der Waals surface area contributed by atoms with Gasteiger partial charge in [0, 0.05) is 24.3 Å². The minimum absolute atomic E-state index is 0.292. The molecule has 0 amide bonds. The van der Waals surface area contributed by atoms with E-state index in [-0.39, 0.29) is 0 Å². The Morgan fingerprint density at radius 2 is 1.89 bits per heavy atom. The van der Waals surface area contributed by atoms with E-state index < -0.39 is 10.0 Å². The van der Waals surface area contributed by atoms with Crippen LogP contribution in [-0.2, 0) is 22.4 Å². The molecule has 2 aromatic rings. The van der Waals surface area contributed by atoms with Crippen LogP contribution in [0.3, 0.4) is 0 Å². The standard InChI is InChI=1S/C13H14ClNO2S2/c1-15(10-12-3-2-8-18-12)19(16,17)13-6-4-11(9-14)5-7-13/h2-8H,9-10H2,1H3. The molecule has 1 aromatic carbocycles. The third-order valence-electron chi connectivity index (χ3n) is 2.74. The molecule has 0 N–H and O–H groups in total. The summed E-state index contributed by atoms with van der Waals surface area (Å²) in [6.45, 7) is 0.386. The van der Waals surface area contributed by atoms with Gasteiger partial charge in [-0.05, 0) is 29.1 Å². The van der Waals surface area contributed by atoms with E-state index in [0.717, 1.165) is 10.4 Å². The van der Waals surface area contributed by atoms with Crippen molar-refractivity contribution in [2.45, 2.75) is 17.3 Å². The van der Waals surface area contributed by atoms with Crippen LogP contribution in [0.1, 0.15) is 10.4 Å². The Labute approximate surface area is 122 Å². The zero-order valence-corrected chi connectivity index (χ0v) is 12.8. The molecule has 0 radical (unpaired) electrons. The van der Waals surface area contributed by atoms with Crippen molar-refractivity contribution in [3.63, 3.8) is 0 Å². The van der Waals surface area contributed by atoms with Crippen molar-refractivity contribution in [3.8, 4) is 0 Å². The lowest BCUT2D eigenvalue weighted by molar-refractivity contribution is 0.469. The maximum Gasteiger partial charge on any atom is 0.243 e. The summed E-state index contributed by atoms with van der Waals surface area (Å²) in [5.74, 6) is 0.380. The Morgan fingerprint density at radius 3 is 2.42 bits per heavy atom. The Morgan fingerprint density at radius 1 is 1.21 bits per heavy atom. The van der Waals surface area contributed by atoms with Crippen LogP contribution in [0.2, 0.25) is 0 Å². The van der Waals surface area contributed by atoms with Gasteiger partial charge in [-0.3, -0.25) is 0 Å². The first-order chi connectivity index (χ1) is 9.04. The minimum atomic E-state index is -3.44. The highest BCUT2D eigenvalue weighted by atomic mass is 35.5. The van der Waals surface area contributed by atoms with E-state index in [0.29, 0.717) is 17.3 Å². The predicted octanol–water partition coefficient (Wildman–Crippen LogP) is 3.31. The average Bonchev–Trinajstić information content (AvgIpc) is 2.91. The summed E-state index contributed by atoms with van der Waals surface area (Å²) in [6.07, 6.45) is 0. The molecule has 0 unspecified atom stereocenters. The average molecular weight is 316 g/mol. The molecule has 0 aliphatic rings. The lowest BCUT2D eigenvalue weighted by Crippen LogP contribution is -2.26. The smallest absolute Gasteiger partial charge is 0.207 e. The molecular weight excluding hydrogens is 302 g/mol. The van der Waals surface area contributed by atoms with Crippen LogP contribution >= 0.6 is 22.9 Å². The lowest BCUT2D eigenvalue weighted by atomic mass is 10.2. The molecule has 3 nitrogen and oxygen atoms in total. The first-order valence-corrected chi connectivity index (χ1v) is 8.53. The van der Waals surface area contributed by atoms with Crippen molar-refractivity contribution in [2.24, 2.45) is 0 Å². The Balaban J connectivity index is 2.20. The maximum absolute atomic E-state index is 12.4. The summed E-state index contributed by atoms with van der Waals surface area (Å²) >= 11 is 7.24. The van der Waals surface area contributed by atoms with Crippen LogP contribution in [0, 0.1) is 0 Å². The van der Waals surface area contributed by atoms with E-state index in [1.54, 1.807) is 42.6 Å². The zero-order valence-electron chi connectivity index (χ0n) is 10.4. The third-order valence-corrected chi connectivity index (χ3v) is 5.73. The van der Waals surface area contributed by atoms with Gasteiger partial charge in [-0.2, -0.15) is 4.31 Å². The van der Waals surface area contributed by atoms with E-state index in [2.05, 4.69) is 0 Å². The summed E-state index contributed by atoms with van der Waals surface area (Å²) in [5, 5.41) is 1.94. The molecule has 0 spiro atoms. The van der Waals surface area contributed by atoms with Gasteiger partial charge in [0.05, 0.1) is 4.90 Å². The number of halogens is 1. The first-order valence-electron chi connectivity index (χ1n) is 5.67. The van der Waals surface area contributed by atoms with Crippen molar-refractivity contribution < 1.29 is 8.42 Å². The topological polar surface area (TPSA) is 37.4 Å². The fraction of sp³-hybridized carbons (Fsp3) is 0.231. The third kappa shape index (κ3) is 3.36. The number of sulfonamides is 1. The van der Waals surface area contributed by atoms with Gasteiger partial charge >= 0.3 is 0 Å². The molecule has 0 saturated carbocycles. The molecular formula is C13H14ClNO2S2. The Bertz CT molecular complexity index is 621. The van der Waals surface area contributed by atoms with Crippen LogP contribution in [-0.4, -0.2) is 19.8 Å². The number of rotatable bonds is 5. The van der Waals surface area contributed by atoms with E-state index >= 15 is 0 Å². The number of alkyl halides is 1. The summed E-state index contributed by atoms with van der Waals surface area (Å²) in [5.41, 5.74) is 0.904. The summed E-state index contributed by atoms with van der Waals surface area (Å²) in [4.78, 5) is 1.31. The summed E-state index contributed by atoms with van der Waals surface area (Å²) < 4.78 is 26.1. The van der Waals surface area contributed by atoms with Gasteiger partial charge in [-0.1, -0.05) is 18.2 Å². The SMILES string of the molecule is CN(Cc1cccs1)S(=O)(=O)c1ccc(CCl)cc1. The number of nitrogens with zero attached hydrogens (tertiary/aromatic N) is 1. The quantitative estimate of drug-likeness (QED) is 0.794. The molecule has 19 heavy (non-hydrogen) atoms. The fourth-order valence-corrected chi connectivity index (χ4v) is 3.80. The van der Waals surface area contributed by atoms with E-state index in [1.807, 2.05) is 17.5 Å². The monoisotopic (exact) mass is 315 g/mol. The molecule has 1 heterocycles. The number of thiophene rings is 1. The second-order valence-corrected chi connectivity index (χ2v) is 7.46. The molecule has 6 heteroatoms. The molecule has 1 aromatic heterocycles. The van der Waals surface area contributed by atoms with E-state index in [1.165, 1.54) is 4.31 Å². The molecule has 0 aliphatic heterocycles. The highest BCUT2D eigenvalue weighted by Crippen LogP contribution is 2.19. The molecule has 0 aliphatic carbocycles. The molecule has 0 fully saturated rings. The van der Waals surface area contributed by atoms with Crippen molar-refractivity contribution in [2.75, 3.05) is 7.05 Å². The van der Waals surface area contributed by atoms with E-state index in [9.17, 15) is 8.42 Å². The highest BCUT2D eigenvalue weighted by molar-refractivity contribution is 7.89. The van der Waals surface area contributed by atoms with Crippen molar-refractivity contribution >= 4 is 33.0 Å². The van der Waals surface area contributed by atoms with Gasteiger partial charge in [0.15, 0.2) is 0 Å². The van der Waals surface area contributed by atoms with Crippen LogP contribution in [0.15, 0.2) is 46.7 Å². The van der Waals surface area contributed by atoms with Crippen LogP contribution in [0.4, 0.5) is 0 Å². The van der Waals surface area contributed by atoms with Crippen molar-refractivity contribution in [1.29, 1.82) is 0 Å². The number of benzene rings is 1. The molecule has 0 saturated heterocycles. The highest BCUT2D eigenvalue weighted by Gasteiger charge is 2.20. The summed E-state index contributed by atoms with van der Waals surface area (Å²) in [6, 6.07) is 10.5. The normalized spacial score (nSPS) is 11.9. The van der Waals surface area contributed by atoms with Crippen LogP contribution < -0.4 is 0 Å². The Kier molecular flexibility index (Phi) is 4.62. The first kappa shape index (κ1) is 14.5. The van der Waals surface area contributed by atoms with Gasteiger partial charge in [0.1, 0.15) is 0 Å². The van der Waals surface area contributed by atoms with Crippen LogP contribution in [0.25, 0.3) is 0 Å². The maximum atomic E-state index is 12.4. The predicted molar refractivity (Wildman–Crippen MR) is 79.0 cm³/mol. The molecule has 102 valence electrons. The molecule has 2 rings (SSSR count). The van der Waals surface area contributed by atoms with Crippen molar-refractivity contribution in [3.05, 3.63) is 52.2 Å². The summed E-state index contributed by atoms with van der Waals surface area (Å²) in [7, 11) is -1.86. The second-order valence-electron chi connectivity index (χ2n) is 4.12. The second kappa shape index (κ2) is 6.05.